The van der Waals surface area contributed by atoms with E-state index in [1.165, 1.54) is 0 Å². The number of benzene rings is 1. The van der Waals surface area contributed by atoms with Gasteiger partial charge in [0.15, 0.2) is 0 Å². The molecule has 182 valence electrons. The summed E-state index contributed by atoms with van der Waals surface area (Å²) in [5, 5.41) is 6.71. The fourth-order valence-corrected chi connectivity index (χ4v) is 2.62. The zero-order valence-electron chi connectivity index (χ0n) is 20.0. The number of halogens is 1. The molecule has 0 unspecified atom stereocenters. The van der Waals surface area contributed by atoms with Gasteiger partial charge in [-0.25, -0.2) is 9.59 Å². The molecule has 0 atom stereocenters. The number of hydrogen-bond acceptors (Lipinski definition) is 7. The van der Waals surface area contributed by atoms with Gasteiger partial charge in [-0.3, -0.25) is 0 Å². The second kappa shape index (κ2) is 13.5. The smallest absolute Gasteiger partial charge is 0.407 e. The molecule has 0 aromatic heterocycles. The van der Waals surface area contributed by atoms with Gasteiger partial charge in [0.25, 0.3) is 0 Å². The molecule has 0 aliphatic rings. The fraction of sp³-hybridized carbons (Fsp3) is 0.652. The van der Waals surface area contributed by atoms with Crippen molar-refractivity contribution in [3.8, 4) is 5.75 Å². The zero-order valence-corrected chi connectivity index (χ0v) is 21.6. The number of alkyl halides is 1. The van der Waals surface area contributed by atoms with Gasteiger partial charge in [-0.1, -0.05) is 15.9 Å². The Balaban J connectivity index is 2.53. The van der Waals surface area contributed by atoms with Gasteiger partial charge in [-0.15, -0.1) is 0 Å². The highest BCUT2D eigenvalue weighted by Crippen LogP contribution is 2.23. The van der Waals surface area contributed by atoms with Crippen molar-refractivity contribution in [2.45, 2.75) is 59.2 Å². The molecule has 1 amide bonds. The molecule has 1 aromatic rings. The number of carbonyl (C=O) groups excluding carboxylic acids is 2. The van der Waals surface area contributed by atoms with Crippen LogP contribution >= 0.6 is 15.9 Å². The topological polar surface area (TPSA) is 95.1 Å². The Kier molecular flexibility index (Phi) is 11.8. The number of amides is 1. The van der Waals surface area contributed by atoms with E-state index >= 15 is 0 Å². The van der Waals surface area contributed by atoms with Gasteiger partial charge in [-0.2, -0.15) is 0 Å². The van der Waals surface area contributed by atoms with E-state index in [0.29, 0.717) is 44.2 Å². The third-order valence-electron chi connectivity index (χ3n) is 3.58. The Bertz CT molecular complexity index is 728. The molecule has 2 N–H and O–H groups in total. The molecule has 8 nitrogen and oxygen atoms in total. The maximum absolute atomic E-state index is 12.5. The number of carbonyl (C=O) groups is 2. The Morgan fingerprint density at radius 3 is 2.19 bits per heavy atom. The lowest BCUT2D eigenvalue weighted by atomic mass is 10.1. The molecule has 0 spiro atoms. The molecule has 1 rings (SSSR count). The van der Waals surface area contributed by atoms with Crippen molar-refractivity contribution < 1.29 is 28.5 Å². The van der Waals surface area contributed by atoms with Crippen molar-refractivity contribution in [2.24, 2.45) is 0 Å². The highest BCUT2D eigenvalue weighted by atomic mass is 79.9. The molecule has 0 aliphatic carbocycles. The number of hydrogen-bond donors (Lipinski definition) is 2. The molecule has 9 heteroatoms. The average Bonchev–Trinajstić information content (AvgIpc) is 2.64. The van der Waals surface area contributed by atoms with E-state index in [4.69, 9.17) is 18.9 Å². The van der Waals surface area contributed by atoms with Crippen molar-refractivity contribution in [1.82, 2.24) is 5.32 Å². The van der Waals surface area contributed by atoms with E-state index in [0.717, 1.165) is 17.4 Å². The molecule has 0 heterocycles. The van der Waals surface area contributed by atoms with Crippen LogP contribution in [0.5, 0.6) is 5.75 Å². The lowest BCUT2D eigenvalue weighted by molar-refractivity contribution is 0.00688. The van der Waals surface area contributed by atoms with Crippen LogP contribution in [0.4, 0.5) is 10.5 Å². The zero-order chi connectivity index (χ0) is 24.2. The summed E-state index contributed by atoms with van der Waals surface area (Å²) < 4.78 is 21.9. The molecular formula is C23H37BrN2O6. The summed E-state index contributed by atoms with van der Waals surface area (Å²) in [5.74, 6) is 0.190. The number of alkyl carbamates (subject to hydrolysis) is 1. The minimum absolute atomic E-state index is 0.356. The van der Waals surface area contributed by atoms with E-state index < -0.39 is 23.3 Å². The SMILES string of the molecule is CC(C)(C)OC(=O)NCCOCCNc1cc(OCCCBr)cc(C(=O)OC(C)(C)C)c1. The third kappa shape index (κ3) is 13.4. The minimum atomic E-state index is -0.585. The highest BCUT2D eigenvalue weighted by Gasteiger charge is 2.19. The van der Waals surface area contributed by atoms with Crippen molar-refractivity contribution in [1.29, 1.82) is 0 Å². The molecule has 0 fully saturated rings. The van der Waals surface area contributed by atoms with Gasteiger partial charge >= 0.3 is 12.1 Å². The predicted octanol–water partition coefficient (Wildman–Crippen LogP) is 4.76. The number of ether oxygens (including phenoxy) is 4. The Labute approximate surface area is 199 Å². The fourth-order valence-electron chi connectivity index (χ4n) is 2.39. The van der Waals surface area contributed by atoms with Crippen LogP contribution in [-0.2, 0) is 14.2 Å². The van der Waals surface area contributed by atoms with E-state index in [1.54, 1.807) is 12.1 Å². The standard InChI is InChI=1S/C23H37BrN2O6/c1-22(2,3)31-20(27)17-14-18(16-19(15-17)30-11-7-8-24)25-9-12-29-13-10-26-21(28)32-23(4,5)6/h14-16,25H,7-13H2,1-6H3,(H,26,28). The third-order valence-corrected chi connectivity index (χ3v) is 4.14. The van der Waals surface area contributed by atoms with Gasteiger partial charge < -0.3 is 29.6 Å². The maximum atomic E-state index is 12.5. The summed E-state index contributed by atoms with van der Waals surface area (Å²) in [6.45, 7) is 13.1. The molecular weight excluding hydrogens is 480 g/mol. The first-order valence-electron chi connectivity index (χ1n) is 10.8. The van der Waals surface area contributed by atoms with E-state index in [9.17, 15) is 9.59 Å². The summed E-state index contributed by atoms with van der Waals surface area (Å²) >= 11 is 3.38. The lowest BCUT2D eigenvalue weighted by Gasteiger charge is -2.20. The van der Waals surface area contributed by atoms with Crippen LogP contribution in [0.25, 0.3) is 0 Å². The van der Waals surface area contributed by atoms with Crippen molar-refractivity contribution in [3.05, 3.63) is 23.8 Å². The first-order chi connectivity index (χ1) is 14.9. The predicted molar refractivity (Wildman–Crippen MR) is 129 cm³/mol. The van der Waals surface area contributed by atoms with Crippen LogP contribution in [0.3, 0.4) is 0 Å². The number of nitrogens with one attached hydrogen (secondary N) is 2. The molecule has 32 heavy (non-hydrogen) atoms. The van der Waals surface area contributed by atoms with Gasteiger partial charge in [0.2, 0.25) is 0 Å². The lowest BCUT2D eigenvalue weighted by Crippen LogP contribution is -2.34. The Morgan fingerprint density at radius 2 is 1.56 bits per heavy atom. The van der Waals surface area contributed by atoms with E-state index in [2.05, 4.69) is 26.6 Å². The van der Waals surface area contributed by atoms with Gasteiger partial charge in [0.05, 0.1) is 25.4 Å². The van der Waals surface area contributed by atoms with Crippen LogP contribution in [-0.4, -0.2) is 61.5 Å². The van der Waals surface area contributed by atoms with E-state index in [1.807, 2.05) is 47.6 Å². The van der Waals surface area contributed by atoms with Crippen LogP contribution in [0.15, 0.2) is 18.2 Å². The largest absolute Gasteiger partial charge is 0.493 e. The molecule has 0 radical (unpaired) electrons. The normalized spacial score (nSPS) is 11.6. The first-order valence-corrected chi connectivity index (χ1v) is 11.9. The first kappa shape index (κ1) is 28.0. The van der Waals surface area contributed by atoms with Gasteiger partial charge in [-0.05, 0) is 60.1 Å². The van der Waals surface area contributed by atoms with E-state index in [-0.39, 0.29) is 0 Å². The molecule has 0 aliphatic heterocycles. The highest BCUT2D eigenvalue weighted by molar-refractivity contribution is 9.09. The molecule has 0 bridgehead atoms. The average molecular weight is 517 g/mol. The van der Waals surface area contributed by atoms with Gasteiger partial charge in [0.1, 0.15) is 17.0 Å². The summed E-state index contributed by atoms with van der Waals surface area (Å²) in [6.07, 6.45) is 0.385. The number of anilines is 1. The Hall–Kier alpha value is -2.00. The van der Waals surface area contributed by atoms with Crippen molar-refractivity contribution in [3.63, 3.8) is 0 Å². The van der Waals surface area contributed by atoms with Crippen LogP contribution in [0.2, 0.25) is 0 Å². The van der Waals surface area contributed by atoms with Crippen LogP contribution in [0, 0.1) is 0 Å². The van der Waals surface area contributed by atoms with Crippen LogP contribution < -0.4 is 15.4 Å². The summed E-state index contributed by atoms with van der Waals surface area (Å²) in [4.78, 5) is 24.1. The number of rotatable bonds is 12. The monoisotopic (exact) mass is 516 g/mol. The summed E-state index contributed by atoms with van der Waals surface area (Å²) in [5.41, 5.74) is 0.0388. The van der Waals surface area contributed by atoms with Crippen LogP contribution in [0.1, 0.15) is 58.3 Å². The molecule has 0 saturated carbocycles. The molecule has 0 saturated heterocycles. The second-order valence-electron chi connectivity index (χ2n) is 9.11. The summed E-state index contributed by atoms with van der Waals surface area (Å²) in [6, 6.07) is 5.26. The summed E-state index contributed by atoms with van der Waals surface area (Å²) in [7, 11) is 0. The Morgan fingerprint density at radius 1 is 0.906 bits per heavy atom. The second-order valence-corrected chi connectivity index (χ2v) is 9.90. The maximum Gasteiger partial charge on any atom is 0.407 e. The number of esters is 1. The quantitative estimate of drug-likeness (QED) is 0.235. The van der Waals surface area contributed by atoms with Gasteiger partial charge in [0, 0.05) is 30.2 Å². The van der Waals surface area contributed by atoms with Crippen molar-refractivity contribution >= 4 is 33.7 Å². The molecule has 1 aromatic carbocycles. The van der Waals surface area contributed by atoms with Crippen molar-refractivity contribution in [2.75, 3.05) is 43.6 Å². The minimum Gasteiger partial charge on any atom is -0.493 e.